The van der Waals surface area contributed by atoms with Crippen molar-refractivity contribution < 1.29 is 9.59 Å². The van der Waals surface area contributed by atoms with Gasteiger partial charge in [0.15, 0.2) is 0 Å². The number of carbonyl (C=O) groups is 2. The number of aryl methyl sites for hydroxylation is 1. The molecule has 1 unspecified atom stereocenters. The van der Waals surface area contributed by atoms with Gasteiger partial charge in [0.2, 0.25) is 5.91 Å². The van der Waals surface area contributed by atoms with Crippen LogP contribution in [0.2, 0.25) is 0 Å². The third-order valence-electron chi connectivity index (χ3n) is 4.55. The van der Waals surface area contributed by atoms with Crippen LogP contribution in [0.4, 0.5) is 0 Å². The fourth-order valence-corrected chi connectivity index (χ4v) is 3.10. The Morgan fingerprint density at radius 3 is 2.46 bits per heavy atom. The lowest BCUT2D eigenvalue weighted by atomic mass is 9.99. The minimum atomic E-state index is -0.480. The van der Waals surface area contributed by atoms with E-state index in [2.05, 4.69) is 19.2 Å². The van der Waals surface area contributed by atoms with Crippen molar-refractivity contribution in [2.45, 2.75) is 52.1 Å². The summed E-state index contributed by atoms with van der Waals surface area (Å²) in [5, 5.41) is 2.95. The fraction of sp³-hybridized carbons (Fsp3) is 0.579. The van der Waals surface area contributed by atoms with E-state index in [1.807, 2.05) is 30.0 Å². The topological polar surface area (TPSA) is 75.4 Å². The molecule has 1 heterocycles. The molecule has 0 bridgehead atoms. The van der Waals surface area contributed by atoms with Crippen LogP contribution in [0.25, 0.3) is 0 Å². The number of carbonyl (C=O) groups excluding carboxylic acids is 2. The standard InChI is InChI=1S/C19H29N3O2/c1-13(2)12-17(19(24)22-10-8-15(20)9-11-22)21-18(23)16-7-5-4-6-14(16)3/h4-7,13,15,17H,8-12,20H2,1-3H3,(H,21,23). The molecular formula is C19H29N3O2. The first-order chi connectivity index (χ1) is 11.4. The van der Waals surface area contributed by atoms with E-state index in [1.165, 1.54) is 0 Å². The Balaban J connectivity index is 2.09. The monoisotopic (exact) mass is 331 g/mol. The lowest BCUT2D eigenvalue weighted by Gasteiger charge is -2.33. The van der Waals surface area contributed by atoms with Crippen molar-refractivity contribution in [2.24, 2.45) is 11.7 Å². The number of benzene rings is 1. The Labute approximate surface area is 144 Å². The Morgan fingerprint density at radius 2 is 1.88 bits per heavy atom. The number of nitrogens with zero attached hydrogens (tertiary/aromatic N) is 1. The summed E-state index contributed by atoms with van der Waals surface area (Å²) in [5.74, 6) is 0.154. The van der Waals surface area contributed by atoms with Gasteiger partial charge in [0, 0.05) is 24.7 Å². The van der Waals surface area contributed by atoms with Crippen molar-refractivity contribution in [2.75, 3.05) is 13.1 Å². The van der Waals surface area contributed by atoms with Crippen LogP contribution in [-0.2, 0) is 4.79 Å². The van der Waals surface area contributed by atoms with Crippen LogP contribution in [0.1, 0.15) is 49.0 Å². The van der Waals surface area contributed by atoms with Gasteiger partial charge in [-0.15, -0.1) is 0 Å². The van der Waals surface area contributed by atoms with Crippen molar-refractivity contribution in [3.63, 3.8) is 0 Å². The molecular weight excluding hydrogens is 302 g/mol. The van der Waals surface area contributed by atoms with Crippen molar-refractivity contribution in [3.8, 4) is 0 Å². The summed E-state index contributed by atoms with van der Waals surface area (Å²) in [4.78, 5) is 27.3. The van der Waals surface area contributed by atoms with Crippen LogP contribution in [0.5, 0.6) is 0 Å². The minimum Gasteiger partial charge on any atom is -0.341 e. The van der Waals surface area contributed by atoms with Crippen LogP contribution in [-0.4, -0.2) is 41.9 Å². The zero-order valence-corrected chi connectivity index (χ0v) is 14.9. The molecule has 132 valence electrons. The molecule has 1 aliphatic heterocycles. The average Bonchev–Trinajstić information content (AvgIpc) is 2.54. The van der Waals surface area contributed by atoms with Gasteiger partial charge in [0.1, 0.15) is 6.04 Å². The molecule has 1 aromatic rings. The first-order valence-electron chi connectivity index (χ1n) is 8.79. The molecule has 24 heavy (non-hydrogen) atoms. The highest BCUT2D eigenvalue weighted by Gasteiger charge is 2.29. The second kappa shape index (κ2) is 8.29. The minimum absolute atomic E-state index is 0.0116. The van der Waals surface area contributed by atoms with Crippen LogP contribution in [0.3, 0.4) is 0 Å². The maximum Gasteiger partial charge on any atom is 0.252 e. The molecule has 0 radical (unpaired) electrons. The number of piperidine rings is 1. The van der Waals surface area contributed by atoms with Crippen molar-refractivity contribution in [3.05, 3.63) is 35.4 Å². The summed E-state index contributed by atoms with van der Waals surface area (Å²) in [6.07, 6.45) is 2.29. The number of hydrogen-bond donors (Lipinski definition) is 2. The molecule has 0 aromatic heterocycles. The summed E-state index contributed by atoms with van der Waals surface area (Å²) in [5.41, 5.74) is 7.46. The molecule has 2 rings (SSSR count). The van der Waals surface area contributed by atoms with Crippen LogP contribution in [0, 0.1) is 12.8 Å². The van der Waals surface area contributed by atoms with Gasteiger partial charge in [-0.05, 0) is 43.7 Å². The summed E-state index contributed by atoms with van der Waals surface area (Å²) in [6, 6.07) is 7.14. The van der Waals surface area contributed by atoms with E-state index in [1.54, 1.807) is 6.07 Å². The molecule has 5 nitrogen and oxygen atoms in total. The zero-order valence-electron chi connectivity index (χ0n) is 14.9. The Hall–Kier alpha value is -1.88. The lowest BCUT2D eigenvalue weighted by Crippen LogP contribution is -2.52. The predicted molar refractivity (Wildman–Crippen MR) is 95.7 cm³/mol. The molecule has 2 amide bonds. The number of amides is 2. The number of nitrogens with one attached hydrogen (secondary N) is 1. The first-order valence-corrected chi connectivity index (χ1v) is 8.79. The first kappa shape index (κ1) is 18.5. The van der Waals surface area contributed by atoms with Crippen LogP contribution in [0.15, 0.2) is 24.3 Å². The van der Waals surface area contributed by atoms with E-state index in [0.29, 0.717) is 31.0 Å². The fourth-order valence-electron chi connectivity index (χ4n) is 3.10. The normalized spacial score (nSPS) is 17.0. The average molecular weight is 331 g/mol. The second-order valence-electron chi connectivity index (χ2n) is 7.13. The largest absolute Gasteiger partial charge is 0.341 e. The molecule has 0 saturated carbocycles. The third-order valence-corrected chi connectivity index (χ3v) is 4.55. The van der Waals surface area contributed by atoms with Gasteiger partial charge in [-0.25, -0.2) is 0 Å². The molecule has 0 spiro atoms. The molecule has 0 aliphatic carbocycles. The van der Waals surface area contributed by atoms with Gasteiger partial charge in [-0.1, -0.05) is 32.0 Å². The highest BCUT2D eigenvalue weighted by Crippen LogP contribution is 2.15. The maximum absolute atomic E-state index is 12.9. The zero-order chi connectivity index (χ0) is 17.7. The summed E-state index contributed by atoms with van der Waals surface area (Å²) < 4.78 is 0. The highest BCUT2D eigenvalue weighted by atomic mass is 16.2. The van der Waals surface area contributed by atoms with Gasteiger partial charge < -0.3 is 16.0 Å². The highest BCUT2D eigenvalue weighted by molar-refractivity contribution is 5.98. The molecule has 1 fully saturated rings. The number of likely N-dealkylation sites (tertiary alicyclic amines) is 1. The predicted octanol–water partition coefficient (Wildman–Crippen LogP) is 2.09. The van der Waals surface area contributed by atoms with E-state index in [4.69, 9.17) is 5.73 Å². The van der Waals surface area contributed by atoms with E-state index < -0.39 is 6.04 Å². The molecule has 1 saturated heterocycles. The summed E-state index contributed by atoms with van der Waals surface area (Å²) in [7, 11) is 0. The number of hydrogen-bond acceptors (Lipinski definition) is 3. The third kappa shape index (κ3) is 4.81. The van der Waals surface area contributed by atoms with Crippen LogP contribution < -0.4 is 11.1 Å². The smallest absolute Gasteiger partial charge is 0.252 e. The van der Waals surface area contributed by atoms with Gasteiger partial charge in [0.05, 0.1) is 0 Å². The molecule has 1 aliphatic rings. The molecule has 5 heteroatoms. The van der Waals surface area contributed by atoms with E-state index in [-0.39, 0.29) is 17.9 Å². The van der Waals surface area contributed by atoms with Crippen molar-refractivity contribution >= 4 is 11.8 Å². The van der Waals surface area contributed by atoms with Crippen molar-refractivity contribution in [1.82, 2.24) is 10.2 Å². The second-order valence-corrected chi connectivity index (χ2v) is 7.13. The Morgan fingerprint density at radius 1 is 1.25 bits per heavy atom. The Kier molecular flexibility index (Phi) is 6.37. The maximum atomic E-state index is 12.9. The van der Waals surface area contributed by atoms with E-state index >= 15 is 0 Å². The number of nitrogens with two attached hydrogens (primary N) is 1. The van der Waals surface area contributed by atoms with Gasteiger partial charge in [0.25, 0.3) is 5.91 Å². The lowest BCUT2D eigenvalue weighted by molar-refractivity contribution is -0.134. The van der Waals surface area contributed by atoms with Gasteiger partial charge in [-0.2, -0.15) is 0 Å². The SMILES string of the molecule is Cc1ccccc1C(=O)NC(CC(C)C)C(=O)N1CCC(N)CC1. The quantitative estimate of drug-likeness (QED) is 0.867. The summed E-state index contributed by atoms with van der Waals surface area (Å²) in [6.45, 7) is 7.38. The Bertz CT molecular complexity index is 578. The molecule has 1 atom stereocenters. The summed E-state index contributed by atoms with van der Waals surface area (Å²) >= 11 is 0. The van der Waals surface area contributed by atoms with E-state index in [0.717, 1.165) is 18.4 Å². The molecule has 3 N–H and O–H groups in total. The van der Waals surface area contributed by atoms with Gasteiger partial charge in [-0.3, -0.25) is 9.59 Å². The van der Waals surface area contributed by atoms with Crippen LogP contribution >= 0.6 is 0 Å². The van der Waals surface area contributed by atoms with Gasteiger partial charge >= 0.3 is 0 Å². The van der Waals surface area contributed by atoms with Crippen molar-refractivity contribution in [1.29, 1.82) is 0 Å². The molecule has 1 aromatic carbocycles. The van der Waals surface area contributed by atoms with E-state index in [9.17, 15) is 9.59 Å². The number of rotatable bonds is 5.